The number of nitrogens with zero attached hydrogens (tertiary/aromatic N) is 1. The maximum Gasteiger partial charge on any atom is 0.295 e. The van der Waals surface area contributed by atoms with E-state index in [-0.39, 0.29) is 35.1 Å². The van der Waals surface area contributed by atoms with Crippen LogP contribution in [0.25, 0.3) is 5.76 Å². The van der Waals surface area contributed by atoms with Gasteiger partial charge in [0, 0.05) is 19.2 Å². The maximum atomic E-state index is 13.0. The highest BCUT2D eigenvalue weighted by molar-refractivity contribution is 6.47. The zero-order chi connectivity index (χ0) is 24.1. The minimum Gasteiger partial charge on any atom is -0.507 e. The first-order chi connectivity index (χ1) is 15.8. The lowest BCUT2D eigenvalue weighted by Crippen LogP contribution is -2.32. The summed E-state index contributed by atoms with van der Waals surface area (Å²) < 4.78 is 16.1. The molecule has 176 valence electrons. The number of carbonyl (C=O) groups excluding carboxylic acids is 2. The smallest absolute Gasteiger partial charge is 0.295 e. The summed E-state index contributed by atoms with van der Waals surface area (Å²) in [5, 5.41) is 11.4. The number of rotatable bonds is 9. The molecule has 7 nitrogen and oxygen atoms in total. The Balaban J connectivity index is 2.10. The fourth-order valence-corrected chi connectivity index (χ4v) is 3.82. The molecule has 2 aromatic rings. The molecule has 1 aliphatic rings. The lowest BCUT2D eigenvalue weighted by Gasteiger charge is -2.25. The number of aliphatic hydroxyl groups is 1. The summed E-state index contributed by atoms with van der Waals surface area (Å²) in [6.07, 6.45) is 0. The fraction of sp³-hybridized carbons (Fsp3) is 0.360. The molecular formula is C25H28ClNO6. The maximum absolute atomic E-state index is 13.0. The number of ether oxygens (including phenoxy) is 3. The van der Waals surface area contributed by atoms with Crippen molar-refractivity contribution in [1.82, 2.24) is 4.90 Å². The van der Waals surface area contributed by atoms with Crippen LogP contribution in [0.5, 0.6) is 11.5 Å². The summed E-state index contributed by atoms with van der Waals surface area (Å²) in [4.78, 5) is 27.3. The molecule has 1 fully saturated rings. The lowest BCUT2D eigenvalue weighted by molar-refractivity contribution is -0.140. The zero-order valence-corrected chi connectivity index (χ0v) is 19.9. The molecule has 1 aliphatic heterocycles. The van der Waals surface area contributed by atoms with E-state index in [0.29, 0.717) is 29.6 Å². The van der Waals surface area contributed by atoms with Crippen LogP contribution in [-0.2, 0) is 14.3 Å². The second-order valence-corrected chi connectivity index (χ2v) is 8.51. The van der Waals surface area contributed by atoms with Gasteiger partial charge >= 0.3 is 0 Å². The second kappa shape index (κ2) is 10.7. The average molecular weight is 474 g/mol. The van der Waals surface area contributed by atoms with E-state index in [1.807, 2.05) is 0 Å². The Morgan fingerprint density at radius 2 is 1.76 bits per heavy atom. The molecule has 1 saturated heterocycles. The normalized spacial score (nSPS) is 17.6. The number of carbonyl (C=O) groups is 2. The van der Waals surface area contributed by atoms with E-state index >= 15 is 0 Å². The van der Waals surface area contributed by atoms with Crippen LogP contribution >= 0.6 is 11.6 Å². The Morgan fingerprint density at radius 1 is 1.09 bits per heavy atom. The number of likely N-dealkylation sites (tertiary alicyclic amines) is 1. The Kier molecular flexibility index (Phi) is 8.00. The number of ketones is 1. The fourth-order valence-electron chi connectivity index (χ4n) is 3.61. The molecule has 0 saturated carbocycles. The number of methoxy groups -OCH3 is 2. The molecule has 1 amide bonds. The van der Waals surface area contributed by atoms with Gasteiger partial charge in [0.2, 0.25) is 0 Å². The number of amides is 1. The first-order valence-corrected chi connectivity index (χ1v) is 11.0. The van der Waals surface area contributed by atoms with Crippen LogP contribution in [0, 0.1) is 5.92 Å². The van der Waals surface area contributed by atoms with E-state index in [4.69, 9.17) is 25.8 Å². The molecule has 0 aromatic heterocycles. The van der Waals surface area contributed by atoms with Gasteiger partial charge < -0.3 is 24.2 Å². The first kappa shape index (κ1) is 24.6. The quantitative estimate of drug-likeness (QED) is 0.329. The van der Waals surface area contributed by atoms with Crippen molar-refractivity contribution in [2.45, 2.75) is 19.9 Å². The van der Waals surface area contributed by atoms with Crippen LogP contribution in [-0.4, -0.2) is 55.7 Å². The second-order valence-electron chi connectivity index (χ2n) is 8.10. The van der Waals surface area contributed by atoms with E-state index < -0.39 is 17.7 Å². The molecule has 1 heterocycles. The molecule has 1 N–H and O–H groups in total. The van der Waals surface area contributed by atoms with Crippen molar-refractivity contribution in [1.29, 1.82) is 0 Å². The Labute approximate surface area is 198 Å². The van der Waals surface area contributed by atoms with Gasteiger partial charge in [-0.25, -0.2) is 0 Å². The van der Waals surface area contributed by atoms with Gasteiger partial charge in [0.15, 0.2) is 0 Å². The average Bonchev–Trinajstić information content (AvgIpc) is 3.06. The third kappa shape index (κ3) is 5.31. The topological polar surface area (TPSA) is 85.3 Å². The van der Waals surface area contributed by atoms with Crippen molar-refractivity contribution in [3.05, 3.63) is 64.2 Å². The molecule has 0 aliphatic carbocycles. The summed E-state index contributed by atoms with van der Waals surface area (Å²) in [6, 6.07) is 11.1. The van der Waals surface area contributed by atoms with E-state index in [1.165, 1.54) is 25.2 Å². The van der Waals surface area contributed by atoms with Crippen molar-refractivity contribution in [2.24, 2.45) is 5.92 Å². The first-order valence-electron chi connectivity index (χ1n) is 10.6. The molecule has 0 bridgehead atoms. The zero-order valence-electron chi connectivity index (χ0n) is 19.1. The summed E-state index contributed by atoms with van der Waals surface area (Å²) in [6.45, 7) is 5.10. The lowest BCUT2D eigenvalue weighted by atomic mass is 9.95. The van der Waals surface area contributed by atoms with Crippen LogP contribution in [0.2, 0.25) is 5.02 Å². The van der Waals surface area contributed by atoms with Crippen molar-refractivity contribution in [2.75, 3.05) is 34.0 Å². The predicted octanol–water partition coefficient (Wildman–Crippen LogP) is 4.45. The van der Waals surface area contributed by atoms with Crippen LogP contribution in [0.4, 0.5) is 0 Å². The van der Waals surface area contributed by atoms with Gasteiger partial charge in [0.05, 0.1) is 37.0 Å². The number of hydrogen-bond acceptors (Lipinski definition) is 6. The van der Waals surface area contributed by atoms with Crippen molar-refractivity contribution >= 4 is 29.1 Å². The van der Waals surface area contributed by atoms with E-state index in [9.17, 15) is 14.7 Å². The minimum atomic E-state index is -0.804. The van der Waals surface area contributed by atoms with Gasteiger partial charge in [-0.3, -0.25) is 9.59 Å². The Morgan fingerprint density at radius 3 is 2.36 bits per heavy atom. The van der Waals surface area contributed by atoms with Gasteiger partial charge in [0.25, 0.3) is 11.7 Å². The molecule has 1 atom stereocenters. The molecule has 33 heavy (non-hydrogen) atoms. The number of hydrogen-bond donors (Lipinski definition) is 1. The number of benzene rings is 2. The summed E-state index contributed by atoms with van der Waals surface area (Å²) >= 11 is 6.31. The van der Waals surface area contributed by atoms with Gasteiger partial charge in [-0.2, -0.15) is 0 Å². The van der Waals surface area contributed by atoms with Crippen LogP contribution in [0.1, 0.15) is 31.0 Å². The molecule has 0 spiro atoms. The summed E-state index contributed by atoms with van der Waals surface area (Å²) in [5.74, 6) is -0.346. The SMILES string of the molecule is COCCN1C(=O)C(=O)/C(=C(/O)c2cc(OC)ccc2Cl)C1c1ccc(OCC(C)C)cc1. The molecule has 2 aromatic carbocycles. The highest BCUT2D eigenvalue weighted by atomic mass is 35.5. The molecule has 3 rings (SSSR count). The summed E-state index contributed by atoms with van der Waals surface area (Å²) in [5.41, 5.74) is 0.826. The van der Waals surface area contributed by atoms with Crippen LogP contribution in [0.15, 0.2) is 48.0 Å². The number of aliphatic hydroxyl groups excluding tert-OH is 1. The van der Waals surface area contributed by atoms with Gasteiger partial charge in [-0.15, -0.1) is 0 Å². The van der Waals surface area contributed by atoms with Crippen molar-refractivity contribution in [3.63, 3.8) is 0 Å². The number of halogens is 1. The van der Waals surface area contributed by atoms with Crippen LogP contribution < -0.4 is 9.47 Å². The van der Waals surface area contributed by atoms with E-state index in [1.54, 1.807) is 36.4 Å². The predicted molar refractivity (Wildman–Crippen MR) is 126 cm³/mol. The molecular weight excluding hydrogens is 446 g/mol. The number of Topliss-reactive ketones (excluding diaryl/α,β-unsaturated/α-hetero) is 1. The standard InChI is InChI=1S/C25H28ClNO6/c1-15(2)14-33-17-7-5-16(6-8-17)22-21(24(29)25(30)27(22)11-12-31-3)23(28)19-13-18(32-4)9-10-20(19)26/h5-10,13,15,22,28H,11-12,14H2,1-4H3/b23-21+. The monoisotopic (exact) mass is 473 g/mol. The van der Waals surface area contributed by atoms with Crippen molar-refractivity contribution < 1.29 is 28.9 Å². The molecule has 1 unspecified atom stereocenters. The third-order valence-corrected chi connectivity index (χ3v) is 5.61. The largest absolute Gasteiger partial charge is 0.507 e. The Hall–Kier alpha value is -3.03. The highest BCUT2D eigenvalue weighted by Gasteiger charge is 2.46. The molecule has 8 heteroatoms. The van der Waals surface area contributed by atoms with Gasteiger partial charge in [-0.1, -0.05) is 37.6 Å². The molecule has 0 radical (unpaired) electrons. The Bertz CT molecular complexity index is 1050. The van der Waals surface area contributed by atoms with Gasteiger partial charge in [-0.05, 0) is 41.8 Å². The van der Waals surface area contributed by atoms with Crippen LogP contribution in [0.3, 0.4) is 0 Å². The summed E-state index contributed by atoms with van der Waals surface area (Å²) in [7, 11) is 3.00. The van der Waals surface area contributed by atoms with Gasteiger partial charge in [0.1, 0.15) is 17.3 Å². The van der Waals surface area contributed by atoms with E-state index in [2.05, 4.69) is 13.8 Å². The highest BCUT2D eigenvalue weighted by Crippen LogP contribution is 2.41. The van der Waals surface area contributed by atoms with E-state index in [0.717, 1.165) is 0 Å². The van der Waals surface area contributed by atoms with Crippen molar-refractivity contribution in [3.8, 4) is 11.5 Å². The third-order valence-electron chi connectivity index (χ3n) is 5.28. The minimum absolute atomic E-state index is 0.0397.